The fraction of sp³-hybridized carbons (Fsp3) is 0.500. The monoisotopic (exact) mass is 593 g/mol. The van der Waals surface area contributed by atoms with Crippen molar-refractivity contribution < 1.29 is 32.7 Å². The zero-order chi connectivity index (χ0) is 31.4. The van der Waals surface area contributed by atoms with Gasteiger partial charge in [0.2, 0.25) is 5.91 Å². The molecule has 2 aromatic rings. The molecule has 12 heteroatoms. The van der Waals surface area contributed by atoms with Gasteiger partial charge in [-0.05, 0) is 63.1 Å². The van der Waals surface area contributed by atoms with Crippen LogP contribution >= 0.6 is 0 Å². The summed E-state index contributed by atoms with van der Waals surface area (Å²) in [6.45, 7) is 7.74. The number of nitrogens with zero attached hydrogens (tertiary/aromatic N) is 1. The number of benzene rings is 2. The summed E-state index contributed by atoms with van der Waals surface area (Å²) < 4.78 is 40.0. The molecular formula is C30H42F3N5O4. The summed E-state index contributed by atoms with van der Waals surface area (Å²) >= 11 is 0. The molecule has 0 bridgehead atoms. The highest BCUT2D eigenvalue weighted by Crippen LogP contribution is 2.32. The van der Waals surface area contributed by atoms with Gasteiger partial charge in [-0.1, -0.05) is 44.5 Å². The van der Waals surface area contributed by atoms with E-state index in [0.29, 0.717) is 32.0 Å². The maximum Gasteiger partial charge on any atom is 0.416 e. The van der Waals surface area contributed by atoms with Crippen molar-refractivity contribution in [3.8, 4) is 0 Å². The highest BCUT2D eigenvalue weighted by molar-refractivity contribution is 6.04. The lowest BCUT2D eigenvalue weighted by atomic mass is 10.0. The van der Waals surface area contributed by atoms with Crippen LogP contribution in [0.4, 0.5) is 23.7 Å². The lowest BCUT2D eigenvalue weighted by molar-refractivity contribution is -0.137. The van der Waals surface area contributed by atoms with Gasteiger partial charge in [-0.2, -0.15) is 13.2 Å². The number of nitrogens with one attached hydrogen (secondary N) is 4. The Hall–Kier alpha value is -3.64. The van der Waals surface area contributed by atoms with E-state index in [1.54, 1.807) is 13.8 Å². The molecule has 0 aliphatic rings. The Balaban J connectivity index is 2.10. The second-order valence-corrected chi connectivity index (χ2v) is 10.6. The highest BCUT2D eigenvalue weighted by Gasteiger charge is 2.32. The SMILES string of the molecule is CCC[C@H](O)[C@H](CN(C)Cc1ccc(CC)cc1)NC(=O)CNC(=O)c1cc(C(F)(F)F)ccc1NC(=O)NC(C)C. The van der Waals surface area contributed by atoms with Crippen LogP contribution < -0.4 is 21.3 Å². The molecule has 0 saturated carbocycles. The largest absolute Gasteiger partial charge is 0.416 e. The average Bonchev–Trinajstić information content (AvgIpc) is 2.91. The van der Waals surface area contributed by atoms with Crippen LogP contribution in [0.2, 0.25) is 0 Å². The first-order valence-electron chi connectivity index (χ1n) is 14.0. The highest BCUT2D eigenvalue weighted by atomic mass is 19.4. The van der Waals surface area contributed by atoms with Crippen LogP contribution in [0.25, 0.3) is 0 Å². The number of amides is 4. The number of urea groups is 1. The normalized spacial score (nSPS) is 13.0. The number of carbonyl (C=O) groups excluding carboxylic acids is 3. The molecular weight excluding hydrogens is 551 g/mol. The molecule has 5 N–H and O–H groups in total. The summed E-state index contributed by atoms with van der Waals surface area (Å²) in [7, 11) is 1.87. The topological polar surface area (TPSA) is 123 Å². The Morgan fingerprint density at radius 2 is 1.62 bits per heavy atom. The average molecular weight is 594 g/mol. The molecule has 4 amide bonds. The van der Waals surface area contributed by atoms with Gasteiger partial charge >= 0.3 is 12.2 Å². The number of carbonyl (C=O) groups is 3. The molecule has 42 heavy (non-hydrogen) atoms. The first kappa shape index (κ1) is 34.6. The Bertz CT molecular complexity index is 1190. The van der Waals surface area contributed by atoms with E-state index in [9.17, 15) is 32.7 Å². The summed E-state index contributed by atoms with van der Waals surface area (Å²) in [6, 6.07) is 8.93. The van der Waals surface area contributed by atoms with Crippen LogP contribution in [0.3, 0.4) is 0 Å². The molecule has 0 heterocycles. The van der Waals surface area contributed by atoms with E-state index in [1.807, 2.05) is 31.0 Å². The van der Waals surface area contributed by atoms with Gasteiger partial charge in [-0.3, -0.25) is 14.5 Å². The lowest BCUT2D eigenvalue weighted by Gasteiger charge is -2.29. The summed E-state index contributed by atoms with van der Waals surface area (Å²) in [5, 5.41) is 20.7. The smallest absolute Gasteiger partial charge is 0.391 e. The van der Waals surface area contributed by atoms with Crippen LogP contribution in [-0.4, -0.2) is 66.2 Å². The molecule has 2 rings (SSSR count). The number of aryl methyl sites for hydroxylation is 1. The van der Waals surface area contributed by atoms with Gasteiger partial charge in [-0.15, -0.1) is 0 Å². The predicted molar refractivity (Wildman–Crippen MR) is 156 cm³/mol. The van der Waals surface area contributed by atoms with E-state index in [0.717, 1.165) is 24.1 Å². The minimum absolute atomic E-state index is 0.149. The number of hydrogen-bond acceptors (Lipinski definition) is 5. The minimum Gasteiger partial charge on any atom is -0.391 e. The van der Waals surface area contributed by atoms with Crippen LogP contribution in [-0.2, 0) is 23.9 Å². The fourth-order valence-corrected chi connectivity index (χ4v) is 4.30. The second-order valence-electron chi connectivity index (χ2n) is 10.6. The van der Waals surface area contributed by atoms with Crippen molar-refractivity contribution >= 4 is 23.5 Å². The zero-order valence-electron chi connectivity index (χ0n) is 24.8. The number of aliphatic hydroxyl groups is 1. The van der Waals surface area contributed by atoms with Crippen molar-refractivity contribution in [2.24, 2.45) is 0 Å². The van der Waals surface area contributed by atoms with Crippen LogP contribution in [0, 0.1) is 0 Å². The van der Waals surface area contributed by atoms with E-state index >= 15 is 0 Å². The predicted octanol–water partition coefficient (Wildman–Crippen LogP) is 4.31. The Kier molecular flexibility index (Phi) is 13.3. The second kappa shape index (κ2) is 16.1. The number of aliphatic hydroxyl groups excluding tert-OH is 1. The Morgan fingerprint density at radius 3 is 2.19 bits per heavy atom. The van der Waals surface area contributed by atoms with E-state index in [4.69, 9.17) is 0 Å². The Morgan fingerprint density at radius 1 is 0.976 bits per heavy atom. The molecule has 0 spiro atoms. The number of alkyl halides is 3. The first-order valence-corrected chi connectivity index (χ1v) is 14.0. The molecule has 0 aliphatic carbocycles. The van der Waals surface area contributed by atoms with Crippen molar-refractivity contribution in [2.45, 2.75) is 77.9 Å². The molecule has 0 radical (unpaired) electrons. The van der Waals surface area contributed by atoms with E-state index in [-0.39, 0.29) is 11.7 Å². The summed E-state index contributed by atoms with van der Waals surface area (Å²) in [5.74, 6) is -1.60. The zero-order valence-corrected chi connectivity index (χ0v) is 24.8. The summed E-state index contributed by atoms with van der Waals surface area (Å²) in [4.78, 5) is 39.8. The quantitative estimate of drug-likeness (QED) is 0.224. The van der Waals surface area contributed by atoms with Gasteiger partial charge in [0.15, 0.2) is 0 Å². The summed E-state index contributed by atoms with van der Waals surface area (Å²) in [6.07, 6.45) is -3.52. The van der Waals surface area contributed by atoms with Crippen molar-refractivity contribution in [1.82, 2.24) is 20.9 Å². The van der Waals surface area contributed by atoms with Crippen LogP contribution in [0.5, 0.6) is 0 Å². The maximum atomic E-state index is 13.3. The molecule has 9 nitrogen and oxygen atoms in total. The molecule has 0 saturated heterocycles. The van der Waals surface area contributed by atoms with E-state index in [1.165, 1.54) is 5.56 Å². The first-order chi connectivity index (χ1) is 19.7. The molecule has 0 unspecified atom stereocenters. The maximum absolute atomic E-state index is 13.3. The number of anilines is 1. The third kappa shape index (κ3) is 11.3. The standard InChI is InChI=1S/C30H42F3N5O4/c1-6-8-26(39)25(18-38(5)17-21-11-9-20(7-2)10-12-21)36-27(40)16-34-28(41)23-15-22(30(31,32)33)13-14-24(23)37-29(42)35-19(3)4/h9-15,19,25-26,39H,6-8,16-18H2,1-5H3,(H,34,41)(H,36,40)(H2,35,37,42)/t25-,26-/m0/s1. The fourth-order valence-electron chi connectivity index (χ4n) is 4.30. The molecule has 0 aromatic heterocycles. The van der Waals surface area contributed by atoms with E-state index in [2.05, 4.69) is 40.3 Å². The molecule has 0 fully saturated rings. The number of halogens is 3. The molecule has 2 aromatic carbocycles. The summed E-state index contributed by atoms with van der Waals surface area (Å²) in [5.41, 5.74) is 0.613. The molecule has 2 atom stereocenters. The number of rotatable bonds is 14. The van der Waals surface area contributed by atoms with Crippen molar-refractivity contribution in [3.63, 3.8) is 0 Å². The van der Waals surface area contributed by atoms with Crippen LogP contribution in [0.1, 0.15) is 67.6 Å². The minimum atomic E-state index is -4.72. The lowest BCUT2D eigenvalue weighted by Crippen LogP contribution is -2.51. The third-order valence-electron chi connectivity index (χ3n) is 6.46. The number of hydrogen-bond donors (Lipinski definition) is 5. The Labute approximate surface area is 245 Å². The van der Waals surface area contributed by atoms with Gasteiger partial charge < -0.3 is 26.4 Å². The van der Waals surface area contributed by atoms with Crippen molar-refractivity contribution in [2.75, 3.05) is 25.5 Å². The van der Waals surface area contributed by atoms with Gasteiger partial charge in [0.05, 0.1) is 35.5 Å². The van der Waals surface area contributed by atoms with Gasteiger partial charge in [0, 0.05) is 19.1 Å². The van der Waals surface area contributed by atoms with Crippen molar-refractivity contribution in [1.29, 1.82) is 0 Å². The van der Waals surface area contributed by atoms with Gasteiger partial charge in [-0.25, -0.2) is 4.79 Å². The number of likely N-dealkylation sites (N-methyl/N-ethyl adjacent to an activating group) is 1. The third-order valence-corrected chi connectivity index (χ3v) is 6.46. The van der Waals surface area contributed by atoms with Crippen LogP contribution in [0.15, 0.2) is 42.5 Å². The van der Waals surface area contributed by atoms with Crippen molar-refractivity contribution in [3.05, 3.63) is 64.7 Å². The van der Waals surface area contributed by atoms with Gasteiger partial charge in [0.1, 0.15) is 0 Å². The molecule has 0 aliphatic heterocycles. The van der Waals surface area contributed by atoms with Gasteiger partial charge in [0.25, 0.3) is 5.91 Å². The van der Waals surface area contributed by atoms with E-state index < -0.39 is 53.8 Å². The molecule has 232 valence electrons.